The molecule has 1 aromatic heterocycles. The largest absolute Gasteiger partial charge is 0.497 e. The summed E-state index contributed by atoms with van der Waals surface area (Å²) in [4.78, 5) is 28.6. The molecule has 2 N–H and O–H groups in total. The molecule has 3 rings (SSSR count). The number of methoxy groups -OCH3 is 1. The molecule has 0 radical (unpaired) electrons. The monoisotopic (exact) mass is 349 g/mol. The third-order valence-corrected chi connectivity index (χ3v) is 4.04. The number of amides is 2. The molecule has 0 spiro atoms. The first-order chi connectivity index (χ1) is 12.6. The van der Waals surface area contributed by atoms with Crippen LogP contribution in [0.4, 0.5) is 0 Å². The molecule has 1 heterocycles. The van der Waals surface area contributed by atoms with Gasteiger partial charge in [-0.3, -0.25) is 20.4 Å². The highest BCUT2D eigenvalue weighted by molar-refractivity contribution is 5.99. The number of pyridine rings is 1. The molecule has 0 aliphatic rings. The fourth-order valence-corrected chi connectivity index (χ4v) is 2.50. The van der Waals surface area contributed by atoms with Crippen molar-refractivity contribution in [1.29, 1.82) is 0 Å². The van der Waals surface area contributed by atoms with E-state index in [4.69, 9.17) is 4.74 Å². The minimum absolute atomic E-state index is 0.212. The summed E-state index contributed by atoms with van der Waals surface area (Å²) in [7, 11) is 1.59. The lowest BCUT2D eigenvalue weighted by atomic mass is 10.1. The number of fused-ring (bicyclic) bond motifs is 1. The van der Waals surface area contributed by atoms with Gasteiger partial charge in [-0.05, 0) is 48.4 Å². The highest BCUT2D eigenvalue weighted by Crippen LogP contribution is 2.19. The highest BCUT2D eigenvalue weighted by Gasteiger charge is 2.11. The second-order valence-electron chi connectivity index (χ2n) is 5.71. The molecule has 0 bridgehead atoms. The van der Waals surface area contributed by atoms with Crippen LogP contribution in [0.2, 0.25) is 0 Å². The Hall–Kier alpha value is -3.41. The second-order valence-corrected chi connectivity index (χ2v) is 5.71. The summed E-state index contributed by atoms with van der Waals surface area (Å²) in [6.45, 7) is 2.04. The van der Waals surface area contributed by atoms with Crippen LogP contribution in [0.15, 0.2) is 54.6 Å². The van der Waals surface area contributed by atoms with E-state index in [0.29, 0.717) is 11.1 Å². The van der Waals surface area contributed by atoms with Gasteiger partial charge in [-0.2, -0.15) is 0 Å². The molecule has 2 amide bonds. The van der Waals surface area contributed by atoms with Crippen molar-refractivity contribution in [3.8, 4) is 5.75 Å². The Morgan fingerprint density at radius 2 is 1.69 bits per heavy atom. The van der Waals surface area contributed by atoms with Crippen LogP contribution >= 0.6 is 0 Å². The van der Waals surface area contributed by atoms with Crippen molar-refractivity contribution >= 4 is 22.7 Å². The van der Waals surface area contributed by atoms with E-state index in [2.05, 4.69) is 15.8 Å². The molecule has 132 valence electrons. The fourth-order valence-electron chi connectivity index (χ4n) is 2.50. The molecule has 0 aliphatic heterocycles. The number of carbonyl (C=O) groups excluding carboxylic acids is 2. The summed E-state index contributed by atoms with van der Waals surface area (Å²) in [5.74, 6) is -0.148. The van der Waals surface area contributed by atoms with E-state index in [0.717, 1.165) is 23.1 Å². The Kier molecular flexibility index (Phi) is 5.12. The van der Waals surface area contributed by atoms with Gasteiger partial charge in [0.15, 0.2) is 0 Å². The van der Waals surface area contributed by atoms with Gasteiger partial charge >= 0.3 is 0 Å². The number of benzene rings is 2. The predicted molar refractivity (Wildman–Crippen MR) is 99.0 cm³/mol. The standard InChI is InChI=1S/C20H19N3O3/c1-3-13-4-6-14(7-5-13)19(24)22-23-20(25)18-10-8-15-12-16(26-2)9-11-17(15)21-18/h4-12H,3H2,1-2H3,(H,22,24)(H,23,25). The van der Waals surface area contributed by atoms with Crippen LogP contribution in [0, 0.1) is 0 Å². The summed E-state index contributed by atoms with van der Waals surface area (Å²) in [5, 5.41) is 0.862. The van der Waals surface area contributed by atoms with Crippen molar-refractivity contribution in [1.82, 2.24) is 15.8 Å². The zero-order chi connectivity index (χ0) is 18.5. The molecule has 0 saturated carbocycles. The molecule has 3 aromatic rings. The van der Waals surface area contributed by atoms with Crippen molar-refractivity contribution in [2.75, 3.05) is 7.11 Å². The first-order valence-corrected chi connectivity index (χ1v) is 8.25. The molecule has 0 aliphatic carbocycles. The van der Waals surface area contributed by atoms with Gasteiger partial charge < -0.3 is 4.74 Å². The summed E-state index contributed by atoms with van der Waals surface area (Å²) in [6.07, 6.45) is 0.901. The van der Waals surface area contributed by atoms with E-state index in [1.54, 1.807) is 43.5 Å². The van der Waals surface area contributed by atoms with Crippen molar-refractivity contribution in [3.05, 3.63) is 71.4 Å². The first-order valence-electron chi connectivity index (χ1n) is 8.25. The molecule has 26 heavy (non-hydrogen) atoms. The van der Waals surface area contributed by atoms with Crippen LogP contribution in [-0.2, 0) is 6.42 Å². The third-order valence-electron chi connectivity index (χ3n) is 4.04. The van der Waals surface area contributed by atoms with Gasteiger partial charge in [-0.1, -0.05) is 25.1 Å². The van der Waals surface area contributed by atoms with Crippen molar-refractivity contribution < 1.29 is 14.3 Å². The van der Waals surface area contributed by atoms with Crippen molar-refractivity contribution in [2.24, 2.45) is 0 Å². The quantitative estimate of drug-likeness (QED) is 0.710. The maximum absolute atomic E-state index is 12.2. The van der Waals surface area contributed by atoms with E-state index in [1.165, 1.54) is 0 Å². The van der Waals surface area contributed by atoms with E-state index >= 15 is 0 Å². The minimum atomic E-state index is -0.485. The van der Waals surface area contributed by atoms with E-state index in [9.17, 15) is 9.59 Å². The van der Waals surface area contributed by atoms with Gasteiger partial charge in [0.05, 0.1) is 12.6 Å². The maximum Gasteiger partial charge on any atom is 0.288 e. The van der Waals surface area contributed by atoms with Gasteiger partial charge in [0.2, 0.25) is 0 Å². The number of rotatable bonds is 4. The molecule has 2 aromatic carbocycles. The molecule has 0 fully saturated rings. The normalized spacial score (nSPS) is 10.4. The summed E-state index contributed by atoms with van der Waals surface area (Å²) >= 11 is 0. The average molecular weight is 349 g/mol. The number of aromatic nitrogens is 1. The lowest BCUT2D eigenvalue weighted by Gasteiger charge is -2.08. The van der Waals surface area contributed by atoms with Gasteiger partial charge in [0, 0.05) is 10.9 Å². The summed E-state index contributed by atoms with van der Waals surface area (Å²) in [5.41, 5.74) is 7.28. The lowest BCUT2D eigenvalue weighted by Crippen LogP contribution is -2.41. The molecule has 0 saturated heterocycles. The van der Waals surface area contributed by atoms with Crippen LogP contribution in [0.3, 0.4) is 0 Å². The van der Waals surface area contributed by atoms with Gasteiger partial charge in [0.25, 0.3) is 11.8 Å². The Bertz CT molecular complexity index is 952. The summed E-state index contributed by atoms with van der Waals surface area (Å²) < 4.78 is 5.17. The van der Waals surface area contributed by atoms with Crippen LogP contribution in [0.25, 0.3) is 10.9 Å². The number of ether oxygens (including phenoxy) is 1. The number of hydrogen-bond acceptors (Lipinski definition) is 4. The number of aryl methyl sites for hydroxylation is 1. The number of hydrogen-bond donors (Lipinski definition) is 2. The van der Waals surface area contributed by atoms with E-state index < -0.39 is 5.91 Å². The number of nitrogens with one attached hydrogen (secondary N) is 2. The van der Waals surface area contributed by atoms with Crippen LogP contribution in [-0.4, -0.2) is 23.9 Å². The molecular formula is C20H19N3O3. The lowest BCUT2D eigenvalue weighted by molar-refractivity contribution is 0.0844. The number of carbonyl (C=O) groups is 2. The van der Waals surface area contributed by atoms with Crippen LogP contribution < -0.4 is 15.6 Å². The zero-order valence-electron chi connectivity index (χ0n) is 14.6. The zero-order valence-corrected chi connectivity index (χ0v) is 14.6. The molecule has 6 heteroatoms. The molecule has 0 atom stereocenters. The predicted octanol–water partition coefficient (Wildman–Crippen LogP) is 2.88. The Morgan fingerprint density at radius 3 is 2.38 bits per heavy atom. The Balaban J connectivity index is 1.67. The SMILES string of the molecule is CCc1ccc(C(=O)NNC(=O)c2ccc3cc(OC)ccc3n2)cc1. The van der Waals surface area contributed by atoms with Gasteiger partial charge in [0.1, 0.15) is 11.4 Å². The summed E-state index contributed by atoms with van der Waals surface area (Å²) in [6, 6.07) is 16.0. The first kappa shape index (κ1) is 17.4. The van der Waals surface area contributed by atoms with E-state index in [1.807, 2.05) is 25.1 Å². The van der Waals surface area contributed by atoms with Gasteiger partial charge in [-0.15, -0.1) is 0 Å². The average Bonchev–Trinajstić information content (AvgIpc) is 2.70. The maximum atomic E-state index is 12.2. The topological polar surface area (TPSA) is 80.3 Å². The van der Waals surface area contributed by atoms with Crippen LogP contribution in [0.5, 0.6) is 5.75 Å². The Morgan fingerprint density at radius 1 is 0.962 bits per heavy atom. The van der Waals surface area contributed by atoms with E-state index in [-0.39, 0.29) is 11.6 Å². The van der Waals surface area contributed by atoms with Crippen molar-refractivity contribution in [2.45, 2.75) is 13.3 Å². The third kappa shape index (κ3) is 3.80. The van der Waals surface area contributed by atoms with Crippen molar-refractivity contribution in [3.63, 3.8) is 0 Å². The highest BCUT2D eigenvalue weighted by atomic mass is 16.5. The molecule has 6 nitrogen and oxygen atoms in total. The fraction of sp³-hybridized carbons (Fsp3) is 0.150. The smallest absolute Gasteiger partial charge is 0.288 e. The number of hydrazine groups is 1. The second kappa shape index (κ2) is 7.65. The minimum Gasteiger partial charge on any atom is -0.497 e. The van der Waals surface area contributed by atoms with Crippen LogP contribution in [0.1, 0.15) is 33.3 Å². The van der Waals surface area contributed by atoms with Gasteiger partial charge in [-0.25, -0.2) is 4.98 Å². The Labute approximate surface area is 151 Å². The number of nitrogens with zero attached hydrogens (tertiary/aromatic N) is 1. The molecule has 0 unspecified atom stereocenters. The molecular weight excluding hydrogens is 330 g/mol.